The van der Waals surface area contributed by atoms with Crippen molar-refractivity contribution in [3.8, 4) is 0 Å². The van der Waals surface area contributed by atoms with E-state index in [1.165, 1.54) is 13.3 Å². The average molecular weight is 366 g/mol. The van der Waals surface area contributed by atoms with Crippen LogP contribution in [0.1, 0.15) is 6.92 Å². The molecule has 1 N–H and O–H groups in total. The van der Waals surface area contributed by atoms with Crippen LogP contribution in [0.15, 0.2) is 15.5 Å². The number of anilines is 1. The number of hydrogen-bond acceptors (Lipinski definition) is 6. The lowest BCUT2D eigenvalue weighted by atomic mass is 10.4. The molecule has 0 aliphatic carbocycles. The van der Waals surface area contributed by atoms with E-state index in [4.69, 9.17) is 0 Å². The van der Waals surface area contributed by atoms with E-state index < -0.39 is 22.3 Å². The monoisotopic (exact) mass is 365 g/mol. The summed E-state index contributed by atoms with van der Waals surface area (Å²) in [6, 6.07) is 0. The molecule has 1 aromatic rings. The molecule has 0 aromatic carbocycles. The first-order chi connectivity index (χ1) is 9.36. The number of esters is 1. The Balaban J connectivity index is 2.86. The molecular weight excluding hydrogens is 350 g/mol. The highest BCUT2D eigenvalue weighted by atomic mass is 79.9. The van der Waals surface area contributed by atoms with E-state index in [1.807, 2.05) is 6.92 Å². The van der Waals surface area contributed by atoms with E-state index in [9.17, 15) is 13.8 Å². The van der Waals surface area contributed by atoms with Gasteiger partial charge in [0, 0.05) is 28.9 Å². The number of carbonyl (C=O) groups is 1. The molecule has 112 valence electrons. The summed E-state index contributed by atoms with van der Waals surface area (Å²) in [6.45, 7) is 2.04. The van der Waals surface area contributed by atoms with Crippen LogP contribution in [0.25, 0.3) is 0 Å². The number of aromatic nitrogens is 2. The van der Waals surface area contributed by atoms with Gasteiger partial charge in [-0.1, -0.05) is 0 Å². The van der Waals surface area contributed by atoms with Crippen molar-refractivity contribution in [1.82, 2.24) is 9.78 Å². The summed E-state index contributed by atoms with van der Waals surface area (Å²) in [5.41, 5.74) is 0.0547. The largest absolute Gasteiger partial charge is 0.468 e. The standard InChI is InChI=1S/C11H16BrN3O4S/c1-7(20(3)18)4-13-8-5-14-15(6-9(16)19-2)11(17)10(8)12/h5,7,13H,4,6H2,1-3H3. The quantitative estimate of drug-likeness (QED) is 0.731. The van der Waals surface area contributed by atoms with Crippen molar-refractivity contribution in [3.63, 3.8) is 0 Å². The molecule has 7 nitrogen and oxygen atoms in total. The molecule has 0 aliphatic heterocycles. The van der Waals surface area contributed by atoms with Gasteiger partial charge < -0.3 is 10.1 Å². The molecule has 0 spiro atoms. The normalized spacial score (nSPS) is 13.6. The molecule has 0 bridgehead atoms. The number of ether oxygens (including phenoxy) is 1. The first-order valence-corrected chi connectivity index (χ1v) is 8.16. The molecule has 20 heavy (non-hydrogen) atoms. The second-order valence-corrected chi connectivity index (χ2v) is 6.70. The molecule has 0 fully saturated rings. The van der Waals surface area contributed by atoms with Crippen LogP contribution in [-0.2, 0) is 26.9 Å². The van der Waals surface area contributed by atoms with Gasteiger partial charge >= 0.3 is 5.97 Å². The minimum atomic E-state index is -0.952. The number of nitrogens with zero attached hydrogens (tertiary/aromatic N) is 2. The zero-order valence-corrected chi connectivity index (χ0v) is 13.8. The molecule has 2 unspecified atom stereocenters. The summed E-state index contributed by atoms with van der Waals surface area (Å²) in [5, 5.41) is 6.83. The maximum Gasteiger partial charge on any atom is 0.327 e. The number of hydrogen-bond donors (Lipinski definition) is 1. The third kappa shape index (κ3) is 4.41. The molecule has 2 atom stereocenters. The predicted octanol–water partition coefficient (Wildman–Crippen LogP) is 0.358. The van der Waals surface area contributed by atoms with Gasteiger partial charge in [-0.2, -0.15) is 5.10 Å². The molecule has 0 aliphatic rings. The van der Waals surface area contributed by atoms with Gasteiger partial charge in [-0.25, -0.2) is 4.68 Å². The van der Waals surface area contributed by atoms with Gasteiger partial charge in [0.1, 0.15) is 11.0 Å². The molecule has 9 heteroatoms. The summed E-state index contributed by atoms with van der Waals surface area (Å²) >= 11 is 3.17. The Morgan fingerprint density at radius 3 is 2.85 bits per heavy atom. The van der Waals surface area contributed by atoms with E-state index in [2.05, 4.69) is 31.1 Å². The van der Waals surface area contributed by atoms with Crippen molar-refractivity contribution in [2.45, 2.75) is 18.7 Å². The smallest absolute Gasteiger partial charge is 0.327 e. The first-order valence-electron chi connectivity index (χ1n) is 5.75. The Morgan fingerprint density at radius 2 is 2.30 bits per heavy atom. The SMILES string of the molecule is COC(=O)Cn1ncc(NCC(C)S(C)=O)c(Br)c1=O. The van der Waals surface area contributed by atoms with E-state index in [-0.39, 0.29) is 16.3 Å². The van der Waals surface area contributed by atoms with Crippen molar-refractivity contribution in [2.75, 3.05) is 25.2 Å². The summed E-state index contributed by atoms with van der Waals surface area (Å²) in [6.07, 6.45) is 3.05. The number of methoxy groups -OCH3 is 1. The zero-order valence-electron chi connectivity index (χ0n) is 11.4. The summed E-state index contributed by atoms with van der Waals surface area (Å²) in [5.74, 6) is -0.554. The average Bonchev–Trinajstić information content (AvgIpc) is 2.42. The molecule has 1 aromatic heterocycles. The molecule has 1 heterocycles. The van der Waals surface area contributed by atoms with E-state index in [0.29, 0.717) is 12.2 Å². The van der Waals surface area contributed by atoms with Crippen molar-refractivity contribution < 1.29 is 13.7 Å². The highest BCUT2D eigenvalue weighted by Gasteiger charge is 2.13. The highest BCUT2D eigenvalue weighted by molar-refractivity contribution is 9.10. The number of rotatable bonds is 6. The Bertz CT molecular complexity index is 575. The molecule has 0 saturated heterocycles. The summed E-state index contributed by atoms with van der Waals surface area (Å²) < 4.78 is 17.0. The molecule has 0 amide bonds. The fourth-order valence-corrected chi connectivity index (χ4v) is 2.02. The van der Waals surface area contributed by atoms with E-state index in [1.54, 1.807) is 6.26 Å². The van der Waals surface area contributed by atoms with E-state index >= 15 is 0 Å². The van der Waals surface area contributed by atoms with Crippen LogP contribution in [0, 0.1) is 0 Å². The maximum absolute atomic E-state index is 12.0. The number of nitrogens with one attached hydrogen (secondary N) is 1. The highest BCUT2D eigenvalue weighted by Crippen LogP contribution is 2.16. The van der Waals surface area contributed by atoms with Crippen molar-refractivity contribution in [2.24, 2.45) is 0 Å². The lowest BCUT2D eigenvalue weighted by Gasteiger charge is -2.12. The van der Waals surface area contributed by atoms with Gasteiger partial charge in [-0.15, -0.1) is 0 Å². The van der Waals surface area contributed by atoms with Crippen LogP contribution in [0.2, 0.25) is 0 Å². The van der Waals surface area contributed by atoms with Crippen LogP contribution in [-0.4, -0.2) is 45.1 Å². The fourth-order valence-electron chi connectivity index (χ4n) is 1.26. The van der Waals surface area contributed by atoms with Gasteiger partial charge in [-0.05, 0) is 22.9 Å². The predicted molar refractivity (Wildman–Crippen MR) is 80.2 cm³/mol. The van der Waals surface area contributed by atoms with Crippen molar-refractivity contribution >= 4 is 38.4 Å². The lowest BCUT2D eigenvalue weighted by Crippen LogP contribution is -2.29. The number of carbonyl (C=O) groups excluding carboxylic acids is 1. The molecule has 0 saturated carbocycles. The molecule has 0 radical (unpaired) electrons. The minimum absolute atomic E-state index is 0.0561. The van der Waals surface area contributed by atoms with Gasteiger partial charge in [0.05, 0.1) is 19.0 Å². The minimum Gasteiger partial charge on any atom is -0.468 e. The van der Waals surface area contributed by atoms with Gasteiger partial charge in [0.15, 0.2) is 0 Å². The Kier molecular flexibility index (Phi) is 6.34. The van der Waals surface area contributed by atoms with Gasteiger partial charge in [0.2, 0.25) is 0 Å². The van der Waals surface area contributed by atoms with Gasteiger partial charge in [-0.3, -0.25) is 13.8 Å². The summed E-state index contributed by atoms with van der Waals surface area (Å²) in [7, 11) is 0.289. The van der Waals surface area contributed by atoms with E-state index in [0.717, 1.165) is 4.68 Å². The second kappa shape index (κ2) is 7.53. The fraction of sp³-hybridized carbons (Fsp3) is 0.545. The Labute approximate surface area is 127 Å². The lowest BCUT2D eigenvalue weighted by molar-refractivity contribution is -0.141. The zero-order chi connectivity index (χ0) is 15.3. The van der Waals surface area contributed by atoms with Crippen molar-refractivity contribution in [1.29, 1.82) is 0 Å². The number of halogens is 1. The van der Waals surface area contributed by atoms with Crippen LogP contribution < -0.4 is 10.9 Å². The maximum atomic E-state index is 12.0. The molecular formula is C11H16BrN3O4S. The van der Waals surface area contributed by atoms with Crippen LogP contribution in [0.5, 0.6) is 0 Å². The first kappa shape index (κ1) is 16.8. The van der Waals surface area contributed by atoms with Gasteiger partial charge in [0.25, 0.3) is 5.56 Å². The van der Waals surface area contributed by atoms with Crippen LogP contribution in [0.3, 0.4) is 0 Å². The summed E-state index contributed by atoms with van der Waals surface area (Å²) in [4.78, 5) is 23.1. The third-order valence-electron chi connectivity index (χ3n) is 2.64. The topological polar surface area (TPSA) is 90.3 Å². The van der Waals surface area contributed by atoms with Crippen LogP contribution >= 0.6 is 15.9 Å². The second-order valence-electron chi connectivity index (χ2n) is 4.10. The van der Waals surface area contributed by atoms with Crippen LogP contribution in [0.4, 0.5) is 5.69 Å². The Morgan fingerprint density at radius 1 is 1.65 bits per heavy atom. The third-order valence-corrected chi connectivity index (χ3v) is 4.70. The molecule has 1 rings (SSSR count). The Hall–Kier alpha value is -1.22. The van der Waals surface area contributed by atoms with Crippen molar-refractivity contribution in [3.05, 3.63) is 21.0 Å².